The smallest absolute Gasteiger partial charge is 0.359 e. The fourth-order valence-corrected chi connectivity index (χ4v) is 1.36. The number of aromatic nitrogens is 2. The molecule has 1 heterocycles. The van der Waals surface area contributed by atoms with E-state index in [1.54, 1.807) is 0 Å². The first-order valence-corrected chi connectivity index (χ1v) is 6.08. The fraction of sp³-hybridized carbons (Fsp3) is 0.545. The van der Waals surface area contributed by atoms with Crippen LogP contribution in [-0.4, -0.2) is 56.6 Å². The van der Waals surface area contributed by atoms with Crippen LogP contribution in [0.4, 0.5) is 5.69 Å². The quantitative estimate of drug-likeness (QED) is 0.421. The highest BCUT2D eigenvalue weighted by molar-refractivity contribution is 6.28. The lowest BCUT2D eigenvalue weighted by Gasteiger charge is -2.10. The molecule has 0 aliphatic heterocycles. The Labute approximate surface area is 121 Å². The van der Waals surface area contributed by atoms with Crippen molar-refractivity contribution < 1.29 is 23.7 Å². The van der Waals surface area contributed by atoms with Crippen LogP contribution >= 0.6 is 11.6 Å². The molecule has 8 nitrogen and oxygen atoms in total. The van der Waals surface area contributed by atoms with E-state index in [9.17, 15) is 4.79 Å². The fourth-order valence-electron chi connectivity index (χ4n) is 1.20. The van der Waals surface area contributed by atoms with Gasteiger partial charge in [-0.3, -0.25) is 0 Å². The van der Waals surface area contributed by atoms with E-state index in [1.165, 1.54) is 14.2 Å². The van der Waals surface area contributed by atoms with Crippen molar-refractivity contribution in [2.24, 2.45) is 0 Å². The highest BCUT2D eigenvalue weighted by atomic mass is 35.5. The molecule has 1 aromatic heterocycles. The molecule has 1 rings (SSSR count). The van der Waals surface area contributed by atoms with Crippen molar-refractivity contribution in [3.05, 3.63) is 11.0 Å². The SMILES string of the molecule is COCCOC(=O)c1nc(Cl)nc(OCCOC)c1N. The minimum atomic E-state index is -0.722. The number of anilines is 1. The number of nitrogen functional groups attached to an aromatic ring is 1. The van der Waals surface area contributed by atoms with Crippen molar-refractivity contribution in [1.29, 1.82) is 0 Å². The van der Waals surface area contributed by atoms with Gasteiger partial charge in [-0.15, -0.1) is 0 Å². The van der Waals surface area contributed by atoms with E-state index in [4.69, 9.17) is 36.3 Å². The van der Waals surface area contributed by atoms with Gasteiger partial charge in [0.1, 0.15) is 18.9 Å². The number of nitrogens with two attached hydrogens (primary N) is 1. The van der Waals surface area contributed by atoms with Gasteiger partial charge in [0, 0.05) is 14.2 Å². The lowest BCUT2D eigenvalue weighted by atomic mass is 10.3. The van der Waals surface area contributed by atoms with E-state index < -0.39 is 5.97 Å². The Morgan fingerprint density at radius 2 is 1.80 bits per heavy atom. The van der Waals surface area contributed by atoms with E-state index in [2.05, 4.69) is 9.97 Å². The minimum Gasteiger partial charge on any atom is -0.474 e. The van der Waals surface area contributed by atoms with Gasteiger partial charge in [-0.25, -0.2) is 9.78 Å². The second-order valence-electron chi connectivity index (χ2n) is 3.53. The van der Waals surface area contributed by atoms with Crippen LogP contribution in [-0.2, 0) is 14.2 Å². The van der Waals surface area contributed by atoms with Crippen LogP contribution < -0.4 is 10.5 Å². The predicted molar refractivity (Wildman–Crippen MR) is 71.0 cm³/mol. The summed E-state index contributed by atoms with van der Waals surface area (Å²) in [6, 6.07) is 0. The third-order valence-electron chi connectivity index (χ3n) is 2.12. The molecule has 0 spiro atoms. The second kappa shape index (κ2) is 8.51. The van der Waals surface area contributed by atoms with Crippen molar-refractivity contribution in [3.63, 3.8) is 0 Å². The molecule has 0 saturated carbocycles. The summed E-state index contributed by atoms with van der Waals surface area (Å²) in [5.41, 5.74) is 5.58. The number of halogens is 1. The van der Waals surface area contributed by atoms with Crippen molar-refractivity contribution in [2.45, 2.75) is 0 Å². The monoisotopic (exact) mass is 305 g/mol. The molecule has 9 heteroatoms. The topological polar surface area (TPSA) is 106 Å². The molecule has 0 fully saturated rings. The average molecular weight is 306 g/mol. The van der Waals surface area contributed by atoms with Crippen molar-refractivity contribution in [1.82, 2.24) is 9.97 Å². The van der Waals surface area contributed by atoms with Gasteiger partial charge in [0.2, 0.25) is 11.2 Å². The van der Waals surface area contributed by atoms with Crippen LogP contribution in [0.15, 0.2) is 0 Å². The molecule has 0 aliphatic rings. The van der Waals surface area contributed by atoms with Crippen LogP contribution in [0.25, 0.3) is 0 Å². The van der Waals surface area contributed by atoms with Crippen LogP contribution in [0.5, 0.6) is 5.88 Å². The first-order chi connectivity index (χ1) is 9.60. The summed E-state index contributed by atoms with van der Waals surface area (Å²) in [5.74, 6) is -0.707. The van der Waals surface area contributed by atoms with E-state index in [1.807, 2.05) is 0 Å². The number of esters is 1. The Morgan fingerprint density at radius 1 is 1.15 bits per heavy atom. The van der Waals surface area contributed by atoms with Gasteiger partial charge < -0.3 is 24.7 Å². The molecular weight excluding hydrogens is 290 g/mol. The number of carbonyl (C=O) groups is 1. The summed E-state index contributed by atoms with van der Waals surface area (Å²) in [6.45, 7) is 0.902. The van der Waals surface area contributed by atoms with Gasteiger partial charge in [0.25, 0.3) is 0 Å². The molecule has 20 heavy (non-hydrogen) atoms. The Kier molecular flexibility index (Phi) is 6.99. The zero-order valence-electron chi connectivity index (χ0n) is 11.2. The van der Waals surface area contributed by atoms with E-state index in [0.717, 1.165) is 0 Å². The van der Waals surface area contributed by atoms with Crippen LogP contribution in [0.3, 0.4) is 0 Å². The molecule has 2 N–H and O–H groups in total. The van der Waals surface area contributed by atoms with Gasteiger partial charge >= 0.3 is 5.97 Å². The molecule has 1 aromatic rings. The maximum Gasteiger partial charge on any atom is 0.359 e. The summed E-state index contributed by atoms with van der Waals surface area (Å²) < 4.78 is 19.8. The zero-order valence-corrected chi connectivity index (χ0v) is 12.0. The van der Waals surface area contributed by atoms with Crippen molar-refractivity contribution in [3.8, 4) is 5.88 Å². The van der Waals surface area contributed by atoms with Gasteiger partial charge in [0.05, 0.1) is 13.2 Å². The first kappa shape index (κ1) is 16.4. The highest BCUT2D eigenvalue weighted by Crippen LogP contribution is 2.24. The molecule has 0 atom stereocenters. The van der Waals surface area contributed by atoms with Gasteiger partial charge in [-0.2, -0.15) is 4.98 Å². The summed E-state index contributed by atoms with van der Waals surface area (Å²) in [7, 11) is 3.02. The summed E-state index contributed by atoms with van der Waals surface area (Å²) >= 11 is 5.72. The standard InChI is InChI=1S/C11H16ClN3O5/c1-17-3-5-19-9-7(13)8(14-11(12)15-9)10(16)20-6-4-18-2/h3-6,13H2,1-2H3. The first-order valence-electron chi connectivity index (χ1n) is 5.71. The number of hydrogen-bond acceptors (Lipinski definition) is 8. The molecule has 0 aliphatic carbocycles. The number of carbonyl (C=O) groups excluding carboxylic acids is 1. The van der Waals surface area contributed by atoms with Crippen LogP contribution in [0.2, 0.25) is 5.28 Å². The van der Waals surface area contributed by atoms with Crippen molar-refractivity contribution >= 4 is 23.3 Å². The molecule has 0 amide bonds. The number of ether oxygens (including phenoxy) is 4. The molecule has 0 unspecified atom stereocenters. The predicted octanol–water partition coefficient (Wildman–Crippen LogP) is 0.541. The highest BCUT2D eigenvalue weighted by Gasteiger charge is 2.20. The molecule has 112 valence electrons. The number of rotatable bonds is 8. The largest absolute Gasteiger partial charge is 0.474 e. The van der Waals surface area contributed by atoms with E-state index in [-0.39, 0.29) is 42.4 Å². The molecule has 0 saturated heterocycles. The summed E-state index contributed by atoms with van der Waals surface area (Å²) in [5, 5.41) is -0.162. The number of nitrogens with zero attached hydrogens (tertiary/aromatic N) is 2. The Balaban J connectivity index is 2.82. The third-order valence-corrected chi connectivity index (χ3v) is 2.29. The molecule has 0 bridgehead atoms. The third kappa shape index (κ3) is 4.80. The summed E-state index contributed by atoms with van der Waals surface area (Å²) in [6.07, 6.45) is 0. The maximum atomic E-state index is 11.8. The average Bonchev–Trinajstić information content (AvgIpc) is 2.42. The number of methoxy groups -OCH3 is 2. The Morgan fingerprint density at radius 3 is 2.45 bits per heavy atom. The summed E-state index contributed by atoms with van der Waals surface area (Å²) in [4.78, 5) is 19.3. The zero-order chi connectivity index (χ0) is 15.0. The van der Waals surface area contributed by atoms with Gasteiger partial charge in [-0.05, 0) is 11.6 Å². The lowest BCUT2D eigenvalue weighted by Crippen LogP contribution is -2.16. The Hall–Kier alpha value is -1.64. The number of hydrogen-bond donors (Lipinski definition) is 1. The van der Waals surface area contributed by atoms with Gasteiger partial charge in [-0.1, -0.05) is 0 Å². The van der Waals surface area contributed by atoms with Crippen LogP contribution in [0.1, 0.15) is 10.5 Å². The second-order valence-corrected chi connectivity index (χ2v) is 3.87. The van der Waals surface area contributed by atoms with Crippen molar-refractivity contribution in [2.75, 3.05) is 46.4 Å². The van der Waals surface area contributed by atoms with E-state index in [0.29, 0.717) is 6.61 Å². The van der Waals surface area contributed by atoms with E-state index >= 15 is 0 Å². The normalized spacial score (nSPS) is 10.3. The maximum absolute atomic E-state index is 11.8. The van der Waals surface area contributed by atoms with Gasteiger partial charge in [0.15, 0.2) is 5.69 Å². The molecule has 0 radical (unpaired) electrons. The molecule has 0 aromatic carbocycles. The Bertz CT molecular complexity index is 458. The van der Waals surface area contributed by atoms with Crippen LogP contribution in [0, 0.1) is 0 Å². The minimum absolute atomic E-state index is 0.0146. The lowest BCUT2D eigenvalue weighted by molar-refractivity contribution is 0.0382. The molecular formula is C11H16ClN3O5.